The molecular formula is C36H70BN2O2S2+. The van der Waals surface area contributed by atoms with E-state index in [0.717, 1.165) is 42.2 Å². The summed E-state index contributed by atoms with van der Waals surface area (Å²) in [5.74, 6) is 3.41. The molecule has 0 bridgehead atoms. The highest BCUT2D eigenvalue weighted by Crippen LogP contribution is 2.34. The third-order valence-corrected chi connectivity index (χ3v) is 9.39. The molecule has 1 atom stereocenters. The van der Waals surface area contributed by atoms with E-state index in [4.69, 9.17) is 22.8 Å². The van der Waals surface area contributed by atoms with Gasteiger partial charge in [0.2, 0.25) is 5.90 Å². The maximum absolute atomic E-state index is 8.00. The normalized spacial score (nSPS) is 16.1. The van der Waals surface area contributed by atoms with Crippen molar-refractivity contribution in [2.24, 2.45) is 15.7 Å². The van der Waals surface area contributed by atoms with Crippen molar-refractivity contribution in [1.29, 1.82) is 5.41 Å². The number of thiol groups is 1. The van der Waals surface area contributed by atoms with Crippen molar-refractivity contribution >= 4 is 50.0 Å². The average molecular weight is 638 g/mol. The Kier molecular flexibility index (Phi) is 32.4. The zero-order chi connectivity index (χ0) is 32.8. The van der Waals surface area contributed by atoms with Gasteiger partial charge in [-0.1, -0.05) is 157 Å². The summed E-state index contributed by atoms with van der Waals surface area (Å²) < 4.78 is 9.37. The van der Waals surface area contributed by atoms with Crippen LogP contribution in [0.4, 0.5) is 0 Å². The Hall–Kier alpha value is -0.685. The Morgan fingerprint density at radius 1 is 0.930 bits per heavy atom. The standard InChI is InChI=1S/C17H34.C13H22N2OS2.C5H11B.CH2O/c1-2-3-4-5-6-7-8-9-10-11-12-13-14-17-15-16-17;1-3-4-5-6-8-16-13(14)12(15-17)11-7-9-18(2)10-11;1-5(2,3)4-6;1-2/h17H,2-16H2,1H3;7,14H,3-6,8-10H2,1-2H3;4H2,1-3H3;1H2/p+1/b;14-13?,15-12-;;. The van der Waals surface area contributed by atoms with E-state index in [1.807, 2.05) is 6.79 Å². The van der Waals surface area contributed by atoms with E-state index in [1.54, 1.807) is 0 Å². The number of unbranched alkanes of at least 4 members (excludes halogenated alkanes) is 14. The molecule has 4 nitrogen and oxygen atoms in total. The highest BCUT2D eigenvalue weighted by molar-refractivity contribution is 7.96. The lowest BCUT2D eigenvalue weighted by molar-refractivity contribution is -0.0980. The van der Waals surface area contributed by atoms with E-state index < -0.39 is 0 Å². The first-order chi connectivity index (χ1) is 20.7. The van der Waals surface area contributed by atoms with Gasteiger partial charge in [-0.3, -0.25) is 5.41 Å². The molecule has 2 rings (SSSR count). The van der Waals surface area contributed by atoms with Gasteiger partial charge < -0.3 is 9.53 Å². The molecule has 0 spiro atoms. The molecule has 1 aliphatic heterocycles. The van der Waals surface area contributed by atoms with Crippen LogP contribution in [0.1, 0.15) is 157 Å². The summed E-state index contributed by atoms with van der Waals surface area (Å²) in [4.78, 5) is 8.00. The van der Waals surface area contributed by atoms with E-state index in [1.165, 1.54) is 109 Å². The number of carbonyl (C=O) groups is 1. The molecule has 1 fully saturated rings. The smallest absolute Gasteiger partial charge is 0.233 e. The van der Waals surface area contributed by atoms with Gasteiger partial charge in [-0.15, -0.1) is 0 Å². The second-order valence-corrected chi connectivity index (χ2v) is 15.8. The summed E-state index contributed by atoms with van der Waals surface area (Å²) in [6, 6.07) is 0. The van der Waals surface area contributed by atoms with Gasteiger partial charge in [-0.05, 0) is 47.5 Å². The van der Waals surface area contributed by atoms with Crippen LogP contribution in [0.3, 0.4) is 0 Å². The molecule has 2 aliphatic rings. The van der Waals surface area contributed by atoms with Crippen LogP contribution < -0.4 is 0 Å². The van der Waals surface area contributed by atoms with Crippen molar-refractivity contribution in [3.05, 3.63) is 11.6 Å². The Balaban J connectivity index is 0. The summed E-state index contributed by atoms with van der Waals surface area (Å²) in [5.41, 5.74) is 2.06. The predicted molar refractivity (Wildman–Crippen MR) is 201 cm³/mol. The summed E-state index contributed by atoms with van der Waals surface area (Å²) in [5, 5.41) is 7.92. The third-order valence-electron chi connectivity index (χ3n) is 7.65. The molecule has 1 unspecified atom stereocenters. The van der Waals surface area contributed by atoms with Crippen molar-refractivity contribution < 1.29 is 9.53 Å². The summed E-state index contributed by atoms with van der Waals surface area (Å²) >= 11 is 3.97. The second-order valence-electron chi connectivity index (χ2n) is 13.4. The number of hydrogen-bond acceptors (Lipinski definition) is 5. The van der Waals surface area contributed by atoms with Crippen LogP contribution in [0.5, 0.6) is 0 Å². The van der Waals surface area contributed by atoms with Crippen LogP contribution in [0.2, 0.25) is 6.32 Å². The average Bonchev–Trinajstić information content (AvgIpc) is 3.73. The highest BCUT2D eigenvalue weighted by Gasteiger charge is 2.26. The lowest BCUT2D eigenvalue weighted by Crippen LogP contribution is -2.21. The molecule has 250 valence electrons. The zero-order valence-corrected chi connectivity index (χ0v) is 31.0. The zero-order valence-electron chi connectivity index (χ0n) is 29.3. The van der Waals surface area contributed by atoms with Crippen LogP contribution >= 0.6 is 12.8 Å². The molecule has 2 radical (unpaired) electrons. The first kappa shape index (κ1) is 44.4. The number of rotatable bonds is 20. The maximum atomic E-state index is 8.00. The number of nitrogens with zero attached hydrogens (tertiary/aromatic N) is 1. The molecule has 0 aromatic heterocycles. The molecule has 0 amide bonds. The minimum atomic E-state index is 0.173. The Bertz CT molecular complexity index is 706. The molecule has 1 saturated carbocycles. The largest absolute Gasteiger partial charge is 0.477 e. The Morgan fingerprint density at radius 2 is 1.37 bits per heavy atom. The number of hydrogen-bond donors (Lipinski definition) is 2. The molecule has 43 heavy (non-hydrogen) atoms. The molecule has 0 saturated heterocycles. The molecule has 1 aliphatic carbocycles. The fraction of sp³-hybridized carbons (Fsp3) is 0.861. The summed E-state index contributed by atoms with van der Waals surface area (Å²) in [7, 11) is 5.69. The Labute approximate surface area is 278 Å². The Morgan fingerprint density at radius 3 is 1.74 bits per heavy atom. The topological polar surface area (TPSA) is 62.5 Å². The number of carbonyl (C=O) groups excluding carboxylic acids is 1. The van der Waals surface area contributed by atoms with Gasteiger partial charge in [0, 0.05) is 5.57 Å². The lowest BCUT2D eigenvalue weighted by Gasteiger charge is -2.13. The lowest BCUT2D eigenvalue weighted by atomic mass is 9.81. The minimum absolute atomic E-state index is 0.173. The van der Waals surface area contributed by atoms with E-state index in [9.17, 15) is 0 Å². The monoisotopic (exact) mass is 637 g/mol. The van der Waals surface area contributed by atoms with Crippen molar-refractivity contribution in [1.82, 2.24) is 0 Å². The van der Waals surface area contributed by atoms with E-state index >= 15 is 0 Å². The van der Waals surface area contributed by atoms with E-state index in [2.05, 4.69) is 64.2 Å². The summed E-state index contributed by atoms with van der Waals surface area (Å²) in [6.07, 6.45) is 32.2. The van der Waals surface area contributed by atoms with Crippen LogP contribution in [-0.2, 0) is 20.4 Å². The van der Waals surface area contributed by atoms with Gasteiger partial charge in [-0.25, -0.2) is 4.40 Å². The van der Waals surface area contributed by atoms with E-state index in [0.29, 0.717) is 28.6 Å². The van der Waals surface area contributed by atoms with Crippen molar-refractivity contribution in [2.45, 2.75) is 163 Å². The first-order valence-electron chi connectivity index (χ1n) is 17.4. The van der Waals surface area contributed by atoms with Crippen LogP contribution in [0.15, 0.2) is 16.0 Å². The maximum Gasteiger partial charge on any atom is 0.233 e. The number of nitrogens with one attached hydrogen (secondary N) is 1. The van der Waals surface area contributed by atoms with Crippen molar-refractivity contribution in [3.8, 4) is 0 Å². The van der Waals surface area contributed by atoms with Gasteiger partial charge in [0.15, 0.2) is 0 Å². The molecular weight excluding hydrogens is 567 g/mol. The van der Waals surface area contributed by atoms with Gasteiger partial charge >= 0.3 is 0 Å². The molecule has 1 heterocycles. The minimum Gasteiger partial charge on any atom is -0.477 e. The second kappa shape index (κ2) is 31.3. The number of ether oxygens (including phenoxy) is 1. The first-order valence-corrected chi connectivity index (χ1v) is 19.8. The molecule has 7 heteroatoms. The summed E-state index contributed by atoms with van der Waals surface area (Å²) in [6.45, 7) is 13.4. The van der Waals surface area contributed by atoms with Crippen LogP contribution in [0, 0.1) is 16.7 Å². The van der Waals surface area contributed by atoms with Crippen LogP contribution in [0.25, 0.3) is 0 Å². The quantitative estimate of drug-likeness (QED) is 0.0348. The predicted octanol–water partition coefficient (Wildman–Crippen LogP) is 11.0. The van der Waals surface area contributed by atoms with Crippen molar-refractivity contribution in [2.75, 3.05) is 24.4 Å². The third kappa shape index (κ3) is 31.1. The van der Waals surface area contributed by atoms with Gasteiger partial charge in [0.1, 0.15) is 24.0 Å². The molecule has 1 N–H and O–H groups in total. The fourth-order valence-corrected chi connectivity index (χ4v) is 6.11. The molecule has 0 aromatic carbocycles. The van der Waals surface area contributed by atoms with E-state index in [-0.39, 0.29) is 5.90 Å². The van der Waals surface area contributed by atoms with Crippen molar-refractivity contribution in [3.63, 3.8) is 0 Å². The van der Waals surface area contributed by atoms with Gasteiger partial charge in [-0.2, -0.15) is 0 Å². The van der Waals surface area contributed by atoms with Crippen LogP contribution in [-0.4, -0.2) is 50.6 Å². The SMILES string of the molecule is C=O.CCCCCCCCCCCCCCC1CC1.CCCCCCOC(=N)/C(=N\S)C1=CC[S+](C)C1.[B]CC(C)(C)C. The molecule has 0 aromatic rings. The van der Waals surface area contributed by atoms with Gasteiger partial charge in [0.25, 0.3) is 0 Å². The fourth-order valence-electron chi connectivity index (χ4n) is 4.50. The highest BCUT2D eigenvalue weighted by atomic mass is 32.2. The van der Waals surface area contributed by atoms with Gasteiger partial charge in [0.05, 0.1) is 20.7 Å².